The van der Waals surface area contributed by atoms with Crippen LogP contribution in [0.4, 0.5) is 5.82 Å². The molecule has 0 radical (unpaired) electrons. The first-order chi connectivity index (χ1) is 9.17. The van der Waals surface area contributed by atoms with Crippen molar-refractivity contribution in [2.75, 3.05) is 11.9 Å². The minimum atomic E-state index is 0.361. The first-order valence-corrected chi connectivity index (χ1v) is 7.54. The van der Waals surface area contributed by atoms with Crippen LogP contribution in [0.1, 0.15) is 46.5 Å². The predicted octanol–water partition coefficient (Wildman–Crippen LogP) is 4.11. The lowest BCUT2D eigenvalue weighted by Crippen LogP contribution is -2.28. The molecule has 2 rings (SSSR count). The maximum Gasteiger partial charge on any atom is 0.129 e. The molecule has 1 fully saturated rings. The van der Waals surface area contributed by atoms with E-state index < -0.39 is 0 Å². The van der Waals surface area contributed by atoms with Gasteiger partial charge in [0.15, 0.2) is 0 Å². The fraction of sp³-hybridized carbons (Fsp3) is 0.688. The zero-order valence-corrected chi connectivity index (χ0v) is 12.4. The highest BCUT2D eigenvalue weighted by Gasteiger charge is 2.25. The number of anilines is 1. The Kier molecular flexibility index (Phi) is 5.06. The van der Waals surface area contributed by atoms with E-state index >= 15 is 0 Å². The van der Waals surface area contributed by atoms with E-state index in [0.717, 1.165) is 36.4 Å². The number of ether oxygens (including phenoxy) is 1. The van der Waals surface area contributed by atoms with Crippen LogP contribution in [-0.4, -0.2) is 17.6 Å². The average molecular weight is 262 g/mol. The van der Waals surface area contributed by atoms with Gasteiger partial charge in [0.05, 0.1) is 6.10 Å². The number of hydrogen-bond acceptors (Lipinski definition) is 3. The molecule has 1 aliphatic rings. The molecule has 1 aromatic heterocycles. The Morgan fingerprint density at radius 1 is 1.26 bits per heavy atom. The number of aromatic nitrogens is 1. The molecule has 1 aromatic rings. The van der Waals surface area contributed by atoms with Crippen molar-refractivity contribution in [2.45, 2.75) is 52.6 Å². The Hall–Kier alpha value is -1.25. The fourth-order valence-electron chi connectivity index (χ4n) is 3.00. The summed E-state index contributed by atoms with van der Waals surface area (Å²) in [7, 11) is 0. The van der Waals surface area contributed by atoms with Gasteiger partial charge in [0, 0.05) is 18.8 Å². The summed E-state index contributed by atoms with van der Waals surface area (Å²) in [4.78, 5) is 4.31. The quantitative estimate of drug-likeness (QED) is 0.867. The third-order valence-corrected chi connectivity index (χ3v) is 3.73. The van der Waals surface area contributed by atoms with E-state index in [4.69, 9.17) is 4.74 Å². The van der Waals surface area contributed by atoms with Crippen molar-refractivity contribution < 1.29 is 4.74 Å². The lowest BCUT2D eigenvalue weighted by atomic mass is 9.82. The average Bonchev–Trinajstić information content (AvgIpc) is 2.35. The lowest BCUT2D eigenvalue weighted by Gasteiger charge is -2.31. The summed E-state index contributed by atoms with van der Waals surface area (Å²) in [5, 5.41) is 3.30. The maximum atomic E-state index is 6.14. The van der Waals surface area contributed by atoms with E-state index in [0.29, 0.717) is 6.10 Å². The molecular formula is C16H26N2O. The second-order valence-corrected chi connectivity index (χ2v) is 5.96. The SMILES string of the molecule is CCCNc1cc(OC2CC(C)CC(C)C2)ccn1. The van der Waals surface area contributed by atoms with Gasteiger partial charge in [-0.05, 0) is 43.6 Å². The summed E-state index contributed by atoms with van der Waals surface area (Å²) < 4.78 is 6.14. The minimum Gasteiger partial charge on any atom is -0.490 e. The molecule has 1 N–H and O–H groups in total. The molecule has 1 saturated carbocycles. The standard InChI is InChI=1S/C16H26N2O/c1-4-6-17-16-11-14(5-7-18-16)19-15-9-12(2)8-13(3)10-15/h5,7,11-13,15H,4,6,8-10H2,1-3H3,(H,17,18). The van der Waals surface area contributed by atoms with Crippen molar-refractivity contribution >= 4 is 5.82 Å². The van der Waals surface area contributed by atoms with E-state index in [1.165, 1.54) is 19.3 Å². The molecular weight excluding hydrogens is 236 g/mol. The molecule has 2 unspecified atom stereocenters. The van der Waals surface area contributed by atoms with Gasteiger partial charge in [0.2, 0.25) is 0 Å². The van der Waals surface area contributed by atoms with Gasteiger partial charge in [0.1, 0.15) is 11.6 Å². The molecule has 0 saturated heterocycles. The topological polar surface area (TPSA) is 34.1 Å². The van der Waals surface area contributed by atoms with E-state index in [1.54, 1.807) is 0 Å². The smallest absolute Gasteiger partial charge is 0.129 e. The molecule has 2 atom stereocenters. The molecule has 1 heterocycles. The van der Waals surface area contributed by atoms with Gasteiger partial charge in [0.25, 0.3) is 0 Å². The summed E-state index contributed by atoms with van der Waals surface area (Å²) in [5.41, 5.74) is 0. The predicted molar refractivity (Wildman–Crippen MR) is 79.6 cm³/mol. The van der Waals surface area contributed by atoms with Gasteiger partial charge >= 0.3 is 0 Å². The van der Waals surface area contributed by atoms with Gasteiger partial charge in [-0.2, -0.15) is 0 Å². The van der Waals surface area contributed by atoms with Gasteiger partial charge in [-0.1, -0.05) is 20.8 Å². The van der Waals surface area contributed by atoms with Crippen molar-refractivity contribution in [3.8, 4) is 5.75 Å². The number of hydrogen-bond donors (Lipinski definition) is 1. The van der Waals surface area contributed by atoms with Crippen LogP contribution in [0.3, 0.4) is 0 Å². The van der Waals surface area contributed by atoms with Crippen molar-refractivity contribution in [3.63, 3.8) is 0 Å². The lowest BCUT2D eigenvalue weighted by molar-refractivity contribution is 0.101. The van der Waals surface area contributed by atoms with Crippen molar-refractivity contribution in [1.82, 2.24) is 4.98 Å². The third kappa shape index (κ3) is 4.41. The Morgan fingerprint density at radius 3 is 2.68 bits per heavy atom. The highest BCUT2D eigenvalue weighted by atomic mass is 16.5. The number of rotatable bonds is 5. The molecule has 0 aromatic carbocycles. The van der Waals surface area contributed by atoms with E-state index in [2.05, 4.69) is 31.1 Å². The molecule has 19 heavy (non-hydrogen) atoms. The van der Waals surface area contributed by atoms with Gasteiger partial charge in [-0.15, -0.1) is 0 Å². The summed E-state index contributed by atoms with van der Waals surface area (Å²) in [6.45, 7) is 7.76. The van der Waals surface area contributed by atoms with Crippen molar-refractivity contribution in [3.05, 3.63) is 18.3 Å². The molecule has 0 aliphatic heterocycles. The van der Waals surface area contributed by atoms with Crippen LogP contribution in [0.25, 0.3) is 0 Å². The highest BCUT2D eigenvalue weighted by molar-refractivity contribution is 5.40. The van der Waals surface area contributed by atoms with E-state index in [-0.39, 0.29) is 0 Å². The van der Waals surface area contributed by atoms with Crippen LogP contribution in [0.2, 0.25) is 0 Å². The monoisotopic (exact) mass is 262 g/mol. The molecule has 0 amide bonds. The van der Waals surface area contributed by atoms with Crippen molar-refractivity contribution in [1.29, 1.82) is 0 Å². The molecule has 3 nitrogen and oxygen atoms in total. The van der Waals surface area contributed by atoms with Gasteiger partial charge < -0.3 is 10.1 Å². The Morgan fingerprint density at radius 2 is 2.00 bits per heavy atom. The van der Waals surface area contributed by atoms with Crippen LogP contribution < -0.4 is 10.1 Å². The third-order valence-electron chi connectivity index (χ3n) is 3.73. The zero-order valence-electron chi connectivity index (χ0n) is 12.4. The van der Waals surface area contributed by atoms with Gasteiger partial charge in [-0.3, -0.25) is 0 Å². The van der Waals surface area contributed by atoms with E-state index in [9.17, 15) is 0 Å². The second-order valence-electron chi connectivity index (χ2n) is 5.96. The minimum absolute atomic E-state index is 0.361. The normalized spacial score (nSPS) is 27.0. The van der Waals surface area contributed by atoms with Gasteiger partial charge in [-0.25, -0.2) is 4.98 Å². The summed E-state index contributed by atoms with van der Waals surface area (Å²) in [6.07, 6.45) is 6.96. The largest absolute Gasteiger partial charge is 0.490 e. The van der Waals surface area contributed by atoms with Crippen molar-refractivity contribution in [2.24, 2.45) is 11.8 Å². The molecule has 0 bridgehead atoms. The van der Waals surface area contributed by atoms with Crippen LogP contribution in [-0.2, 0) is 0 Å². The highest BCUT2D eigenvalue weighted by Crippen LogP contribution is 2.31. The summed E-state index contributed by atoms with van der Waals surface area (Å²) in [5.74, 6) is 3.40. The molecule has 0 spiro atoms. The number of nitrogens with one attached hydrogen (secondary N) is 1. The Balaban J connectivity index is 1.94. The number of nitrogens with zero attached hydrogens (tertiary/aromatic N) is 1. The first kappa shape index (κ1) is 14.2. The molecule has 3 heteroatoms. The molecule has 1 aliphatic carbocycles. The number of pyridine rings is 1. The summed E-state index contributed by atoms with van der Waals surface area (Å²) >= 11 is 0. The fourth-order valence-corrected chi connectivity index (χ4v) is 3.00. The van der Waals surface area contributed by atoms with Crippen LogP contribution in [0, 0.1) is 11.8 Å². The summed E-state index contributed by atoms with van der Waals surface area (Å²) in [6, 6.07) is 3.97. The van der Waals surface area contributed by atoms with Crippen LogP contribution >= 0.6 is 0 Å². The Bertz CT molecular complexity index is 384. The van der Waals surface area contributed by atoms with E-state index in [1.807, 2.05) is 18.3 Å². The maximum absolute atomic E-state index is 6.14. The van der Waals surface area contributed by atoms with Crippen LogP contribution in [0.5, 0.6) is 5.75 Å². The first-order valence-electron chi connectivity index (χ1n) is 7.54. The Labute approximate surface area is 116 Å². The zero-order chi connectivity index (χ0) is 13.7. The van der Waals surface area contributed by atoms with Crippen LogP contribution in [0.15, 0.2) is 18.3 Å². The molecule has 106 valence electrons. The second kappa shape index (κ2) is 6.78.